The number of allylic oxidation sites excluding steroid dienone is 1. The summed E-state index contributed by atoms with van der Waals surface area (Å²) in [7, 11) is 0. The number of benzene rings is 1. The summed E-state index contributed by atoms with van der Waals surface area (Å²) < 4.78 is 38.8. The first kappa shape index (κ1) is 16.8. The number of rotatable bonds is 5. The van der Waals surface area contributed by atoms with Gasteiger partial charge in [0.25, 0.3) is 0 Å². The van der Waals surface area contributed by atoms with Gasteiger partial charge < -0.3 is 10.4 Å². The van der Waals surface area contributed by atoms with Crippen LogP contribution in [0, 0.1) is 0 Å². The molecule has 0 radical (unpaired) electrons. The van der Waals surface area contributed by atoms with Crippen molar-refractivity contribution in [3.8, 4) is 5.75 Å². The highest BCUT2D eigenvalue weighted by Crippen LogP contribution is 2.37. The van der Waals surface area contributed by atoms with E-state index in [1.54, 1.807) is 6.08 Å². The van der Waals surface area contributed by atoms with E-state index >= 15 is 0 Å². The van der Waals surface area contributed by atoms with Crippen LogP contribution in [0.15, 0.2) is 30.9 Å². The Morgan fingerprint density at radius 2 is 2.00 bits per heavy atom. The van der Waals surface area contributed by atoms with Gasteiger partial charge in [-0.1, -0.05) is 6.08 Å². The minimum atomic E-state index is -4.41. The summed E-state index contributed by atoms with van der Waals surface area (Å²) in [4.78, 5) is 2.12. The van der Waals surface area contributed by atoms with Crippen LogP contribution < -0.4 is 5.32 Å². The summed E-state index contributed by atoms with van der Waals surface area (Å²) in [5, 5.41) is 13.3. The Balaban J connectivity index is 2.34. The zero-order chi connectivity index (χ0) is 16.2. The Hall–Kier alpha value is -1.53. The molecule has 0 spiro atoms. The van der Waals surface area contributed by atoms with E-state index in [1.165, 1.54) is 0 Å². The SMILES string of the molecule is C=CCC[C@H](c1cc(C(F)(F)F)ccc1O)N1CCNCC1. The van der Waals surface area contributed by atoms with Crippen molar-refractivity contribution in [2.75, 3.05) is 26.2 Å². The number of hydrogen-bond acceptors (Lipinski definition) is 3. The third-order valence-electron chi connectivity index (χ3n) is 3.95. The van der Waals surface area contributed by atoms with Crippen molar-refractivity contribution >= 4 is 0 Å². The molecular weight excluding hydrogens is 293 g/mol. The van der Waals surface area contributed by atoms with Gasteiger partial charge in [0.05, 0.1) is 5.56 Å². The van der Waals surface area contributed by atoms with Crippen LogP contribution in [-0.2, 0) is 6.18 Å². The quantitative estimate of drug-likeness (QED) is 0.819. The Morgan fingerprint density at radius 1 is 1.32 bits per heavy atom. The van der Waals surface area contributed by atoms with E-state index in [-0.39, 0.29) is 11.8 Å². The van der Waals surface area contributed by atoms with Gasteiger partial charge in [0, 0.05) is 37.8 Å². The molecule has 0 aromatic heterocycles. The van der Waals surface area contributed by atoms with Crippen molar-refractivity contribution in [2.45, 2.75) is 25.1 Å². The number of piperazine rings is 1. The fourth-order valence-corrected chi connectivity index (χ4v) is 2.80. The number of hydrogen-bond donors (Lipinski definition) is 2. The molecule has 1 aromatic rings. The van der Waals surface area contributed by atoms with Gasteiger partial charge in [0.2, 0.25) is 0 Å². The Bertz CT molecular complexity index is 511. The lowest BCUT2D eigenvalue weighted by Gasteiger charge is -2.35. The fraction of sp³-hybridized carbons (Fsp3) is 0.500. The molecule has 2 rings (SSSR count). The summed E-state index contributed by atoms with van der Waals surface area (Å²) in [5.74, 6) is -0.0828. The van der Waals surface area contributed by atoms with Gasteiger partial charge in [-0.2, -0.15) is 13.2 Å². The third kappa shape index (κ3) is 4.01. The predicted molar refractivity (Wildman–Crippen MR) is 79.7 cm³/mol. The molecule has 0 aliphatic carbocycles. The molecule has 22 heavy (non-hydrogen) atoms. The molecule has 1 atom stereocenters. The number of phenolic OH excluding ortho intramolecular Hbond substituents is 1. The standard InChI is InChI=1S/C16H21F3N2O/c1-2-3-4-14(21-9-7-20-8-10-21)13-11-12(16(17,18)19)5-6-15(13)22/h2,5-6,11,14,20,22H,1,3-4,7-10H2/t14-/m1/s1. The van der Waals surface area contributed by atoms with Crippen LogP contribution >= 0.6 is 0 Å². The van der Waals surface area contributed by atoms with E-state index < -0.39 is 11.7 Å². The highest BCUT2D eigenvalue weighted by molar-refractivity contribution is 5.39. The second kappa shape index (κ2) is 7.15. The topological polar surface area (TPSA) is 35.5 Å². The van der Waals surface area contributed by atoms with Crippen LogP contribution in [0.3, 0.4) is 0 Å². The van der Waals surface area contributed by atoms with E-state index in [0.29, 0.717) is 18.4 Å². The van der Waals surface area contributed by atoms with Crippen LogP contribution in [0.4, 0.5) is 13.2 Å². The maximum Gasteiger partial charge on any atom is 0.416 e. The predicted octanol–water partition coefficient (Wildman–Crippen LogP) is 3.32. The molecule has 0 saturated carbocycles. The van der Waals surface area contributed by atoms with Gasteiger partial charge in [0.15, 0.2) is 0 Å². The summed E-state index contributed by atoms with van der Waals surface area (Å²) in [6, 6.07) is 2.90. The van der Waals surface area contributed by atoms with Crippen molar-refractivity contribution in [1.82, 2.24) is 10.2 Å². The highest BCUT2D eigenvalue weighted by Gasteiger charge is 2.33. The molecule has 0 bridgehead atoms. The molecule has 1 saturated heterocycles. The zero-order valence-corrected chi connectivity index (χ0v) is 12.4. The Labute approximate surface area is 128 Å². The van der Waals surface area contributed by atoms with Crippen molar-refractivity contribution < 1.29 is 18.3 Å². The molecular formula is C16H21F3N2O. The summed E-state index contributed by atoms with van der Waals surface area (Å²) in [6.07, 6.45) is -1.34. The second-order valence-electron chi connectivity index (χ2n) is 5.44. The number of alkyl halides is 3. The summed E-state index contributed by atoms with van der Waals surface area (Å²) >= 11 is 0. The molecule has 1 heterocycles. The molecule has 1 aromatic carbocycles. The number of halogens is 3. The molecule has 1 fully saturated rings. The van der Waals surface area contributed by atoms with Gasteiger partial charge >= 0.3 is 6.18 Å². The molecule has 1 aliphatic rings. The average molecular weight is 314 g/mol. The van der Waals surface area contributed by atoms with Crippen molar-refractivity contribution in [3.05, 3.63) is 42.0 Å². The van der Waals surface area contributed by atoms with Crippen LogP contribution in [0.25, 0.3) is 0 Å². The second-order valence-corrected chi connectivity index (χ2v) is 5.44. The van der Waals surface area contributed by atoms with E-state index in [9.17, 15) is 18.3 Å². The van der Waals surface area contributed by atoms with Gasteiger partial charge in [-0.05, 0) is 31.0 Å². The Morgan fingerprint density at radius 3 is 2.59 bits per heavy atom. The summed E-state index contributed by atoms with van der Waals surface area (Å²) in [5.41, 5.74) is -0.377. The van der Waals surface area contributed by atoms with Crippen LogP contribution in [0.1, 0.15) is 30.0 Å². The van der Waals surface area contributed by atoms with E-state index in [1.807, 2.05) is 0 Å². The van der Waals surface area contributed by atoms with Crippen molar-refractivity contribution in [2.24, 2.45) is 0 Å². The molecule has 2 N–H and O–H groups in total. The third-order valence-corrected chi connectivity index (χ3v) is 3.95. The minimum Gasteiger partial charge on any atom is -0.508 e. The van der Waals surface area contributed by atoms with Crippen LogP contribution in [0.5, 0.6) is 5.75 Å². The molecule has 0 unspecified atom stereocenters. The maximum absolute atomic E-state index is 12.9. The zero-order valence-electron chi connectivity index (χ0n) is 12.4. The highest BCUT2D eigenvalue weighted by atomic mass is 19.4. The lowest BCUT2D eigenvalue weighted by molar-refractivity contribution is -0.137. The minimum absolute atomic E-state index is 0.0828. The lowest BCUT2D eigenvalue weighted by Crippen LogP contribution is -2.45. The maximum atomic E-state index is 12.9. The van der Waals surface area contributed by atoms with Gasteiger partial charge in [-0.3, -0.25) is 4.90 Å². The van der Waals surface area contributed by atoms with Crippen LogP contribution in [0.2, 0.25) is 0 Å². The number of aromatic hydroxyl groups is 1. The van der Waals surface area contributed by atoms with Gasteiger partial charge in [-0.25, -0.2) is 0 Å². The largest absolute Gasteiger partial charge is 0.508 e. The van der Waals surface area contributed by atoms with E-state index in [2.05, 4.69) is 16.8 Å². The van der Waals surface area contributed by atoms with E-state index in [0.717, 1.165) is 44.4 Å². The smallest absolute Gasteiger partial charge is 0.416 e. The first-order valence-electron chi connectivity index (χ1n) is 7.39. The monoisotopic (exact) mass is 314 g/mol. The first-order valence-corrected chi connectivity index (χ1v) is 7.39. The fourth-order valence-electron chi connectivity index (χ4n) is 2.80. The lowest BCUT2D eigenvalue weighted by atomic mass is 9.96. The number of nitrogens with zero attached hydrogens (tertiary/aromatic N) is 1. The molecule has 122 valence electrons. The Kier molecular flexibility index (Phi) is 5.47. The molecule has 0 amide bonds. The molecule has 6 heteroatoms. The molecule has 1 aliphatic heterocycles. The normalized spacial score (nSPS) is 18.1. The van der Waals surface area contributed by atoms with Gasteiger partial charge in [-0.15, -0.1) is 6.58 Å². The van der Waals surface area contributed by atoms with Crippen molar-refractivity contribution in [3.63, 3.8) is 0 Å². The number of nitrogens with one attached hydrogen (secondary N) is 1. The van der Waals surface area contributed by atoms with Gasteiger partial charge in [0.1, 0.15) is 5.75 Å². The van der Waals surface area contributed by atoms with E-state index in [4.69, 9.17) is 0 Å². The first-order chi connectivity index (χ1) is 10.4. The summed E-state index contributed by atoms with van der Waals surface area (Å²) in [6.45, 7) is 6.76. The van der Waals surface area contributed by atoms with Crippen molar-refractivity contribution in [1.29, 1.82) is 0 Å². The number of phenols is 1. The average Bonchev–Trinajstić information content (AvgIpc) is 2.49. The van der Waals surface area contributed by atoms with Crippen LogP contribution in [-0.4, -0.2) is 36.2 Å². The molecule has 3 nitrogen and oxygen atoms in total.